The molecule has 0 amide bonds. The van der Waals surface area contributed by atoms with Gasteiger partial charge in [-0.2, -0.15) is 0 Å². The van der Waals surface area contributed by atoms with Crippen LogP contribution in [-0.2, 0) is 6.42 Å². The van der Waals surface area contributed by atoms with Crippen LogP contribution in [0.4, 0.5) is 0 Å². The van der Waals surface area contributed by atoms with E-state index in [-0.39, 0.29) is 6.10 Å². The van der Waals surface area contributed by atoms with E-state index >= 15 is 0 Å². The number of rotatable bonds is 5. The fraction of sp³-hybridized carbons (Fsp3) is 0.636. The van der Waals surface area contributed by atoms with Gasteiger partial charge in [0.2, 0.25) is 0 Å². The molecule has 0 aliphatic heterocycles. The molecule has 0 spiro atoms. The van der Waals surface area contributed by atoms with Gasteiger partial charge >= 0.3 is 0 Å². The lowest BCUT2D eigenvalue weighted by molar-refractivity contribution is 0.162. The normalized spacial score (nSPS) is 13.2. The quantitative estimate of drug-likeness (QED) is 0.759. The minimum Gasteiger partial charge on any atom is -0.469 e. The Morgan fingerprint density at radius 3 is 2.85 bits per heavy atom. The van der Waals surface area contributed by atoms with Crippen molar-refractivity contribution in [1.29, 1.82) is 0 Å². The molecule has 74 valence electrons. The highest BCUT2D eigenvalue weighted by atomic mass is 16.3. The molecule has 1 aromatic heterocycles. The molecule has 0 aliphatic rings. The van der Waals surface area contributed by atoms with Crippen LogP contribution in [0, 0.1) is 0 Å². The molecule has 1 atom stereocenters. The molecule has 0 saturated heterocycles. The maximum Gasteiger partial charge on any atom is 0.109 e. The van der Waals surface area contributed by atoms with Crippen LogP contribution in [0.1, 0.15) is 50.5 Å². The van der Waals surface area contributed by atoms with E-state index in [0.717, 1.165) is 37.0 Å². The molecule has 1 unspecified atom stereocenters. The third-order valence-electron chi connectivity index (χ3n) is 2.29. The maximum atomic E-state index is 9.79. The summed E-state index contributed by atoms with van der Waals surface area (Å²) in [6, 6.07) is 1.87. The zero-order valence-corrected chi connectivity index (χ0v) is 8.42. The Hall–Kier alpha value is -0.760. The zero-order chi connectivity index (χ0) is 9.68. The van der Waals surface area contributed by atoms with Crippen LogP contribution in [-0.4, -0.2) is 5.11 Å². The summed E-state index contributed by atoms with van der Waals surface area (Å²) in [5, 5.41) is 9.79. The lowest BCUT2D eigenvalue weighted by Crippen LogP contribution is -1.98. The number of aryl methyl sites for hydroxylation is 1. The first-order valence-electron chi connectivity index (χ1n) is 5.03. The zero-order valence-electron chi connectivity index (χ0n) is 8.42. The van der Waals surface area contributed by atoms with Gasteiger partial charge in [0, 0.05) is 12.0 Å². The second-order valence-electron chi connectivity index (χ2n) is 3.31. The summed E-state index contributed by atoms with van der Waals surface area (Å²) < 4.78 is 5.25. The maximum absolute atomic E-state index is 9.79. The molecule has 0 fully saturated rings. The van der Waals surface area contributed by atoms with Crippen LogP contribution in [0.25, 0.3) is 0 Å². The number of aliphatic hydroxyl groups is 1. The molecule has 0 bridgehead atoms. The Morgan fingerprint density at radius 1 is 1.46 bits per heavy atom. The highest BCUT2D eigenvalue weighted by Crippen LogP contribution is 2.23. The molecule has 0 saturated carbocycles. The second kappa shape index (κ2) is 5.07. The Labute approximate surface area is 79.6 Å². The average molecular weight is 182 g/mol. The minimum absolute atomic E-state index is 0.339. The summed E-state index contributed by atoms with van der Waals surface area (Å²) in [6.45, 7) is 4.16. The van der Waals surface area contributed by atoms with Gasteiger partial charge in [0.15, 0.2) is 0 Å². The van der Waals surface area contributed by atoms with Gasteiger partial charge in [0.1, 0.15) is 5.76 Å². The van der Waals surface area contributed by atoms with Crippen molar-refractivity contribution < 1.29 is 9.52 Å². The largest absolute Gasteiger partial charge is 0.469 e. The SMILES string of the molecule is CCCCC(O)c1ccoc1CC. The predicted molar refractivity (Wildman–Crippen MR) is 52.6 cm³/mol. The van der Waals surface area contributed by atoms with Crippen molar-refractivity contribution >= 4 is 0 Å². The van der Waals surface area contributed by atoms with Crippen LogP contribution in [0.3, 0.4) is 0 Å². The topological polar surface area (TPSA) is 33.4 Å². The fourth-order valence-electron chi connectivity index (χ4n) is 1.49. The molecule has 2 nitrogen and oxygen atoms in total. The van der Waals surface area contributed by atoms with Crippen molar-refractivity contribution in [1.82, 2.24) is 0 Å². The molecule has 1 heterocycles. The molecule has 0 aromatic carbocycles. The van der Waals surface area contributed by atoms with Gasteiger partial charge in [-0.15, -0.1) is 0 Å². The highest BCUT2D eigenvalue weighted by Gasteiger charge is 2.12. The molecule has 0 radical (unpaired) electrons. The Bertz CT molecular complexity index is 240. The number of hydrogen-bond donors (Lipinski definition) is 1. The molecular formula is C11H18O2. The number of aliphatic hydroxyl groups excluding tert-OH is 1. The molecular weight excluding hydrogens is 164 g/mol. The summed E-state index contributed by atoms with van der Waals surface area (Å²) in [4.78, 5) is 0. The van der Waals surface area contributed by atoms with Crippen LogP contribution in [0.2, 0.25) is 0 Å². The highest BCUT2D eigenvalue weighted by molar-refractivity contribution is 5.19. The van der Waals surface area contributed by atoms with E-state index in [1.54, 1.807) is 6.26 Å². The first kappa shape index (κ1) is 10.3. The third-order valence-corrected chi connectivity index (χ3v) is 2.29. The minimum atomic E-state index is -0.339. The lowest BCUT2D eigenvalue weighted by Gasteiger charge is -2.08. The summed E-state index contributed by atoms with van der Waals surface area (Å²) in [5.41, 5.74) is 0.968. The van der Waals surface area contributed by atoms with Crippen molar-refractivity contribution in [3.8, 4) is 0 Å². The van der Waals surface area contributed by atoms with E-state index in [9.17, 15) is 5.11 Å². The van der Waals surface area contributed by atoms with Gasteiger partial charge in [-0.05, 0) is 12.5 Å². The van der Waals surface area contributed by atoms with Gasteiger partial charge in [0.05, 0.1) is 12.4 Å². The van der Waals surface area contributed by atoms with Crippen LogP contribution in [0.15, 0.2) is 16.7 Å². The molecule has 2 heteroatoms. The van der Waals surface area contributed by atoms with Gasteiger partial charge < -0.3 is 9.52 Å². The lowest BCUT2D eigenvalue weighted by atomic mass is 10.0. The Morgan fingerprint density at radius 2 is 2.23 bits per heavy atom. The van der Waals surface area contributed by atoms with Crippen molar-refractivity contribution in [2.24, 2.45) is 0 Å². The molecule has 0 aliphatic carbocycles. The van der Waals surface area contributed by atoms with Crippen LogP contribution in [0.5, 0.6) is 0 Å². The van der Waals surface area contributed by atoms with E-state index in [2.05, 4.69) is 6.92 Å². The van der Waals surface area contributed by atoms with Crippen molar-refractivity contribution in [3.63, 3.8) is 0 Å². The van der Waals surface area contributed by atoms with Gasteiger partial charge in [-0.25, -0.2) is 0 Å². The van der Waals surface area contributed by atoms with E-state index < -0.39 is 0 Å². The van der Waals surface area contributed by atoms with E-state index in [4.69, 9.17) is 4.42 Å². The first-order valence-corrected chi connectivity index (χ1v) is 5.03. The van der Waals surface area contributed by atoms with Gasteiger partial charge in [-0.1, -0.05) is 26.7 Å². The fourth-order valence-corrected chi connectivity index (χ4v) is 1.49. The predicted octanol–water partition coefficient (Wildman–Crippen LogP) is 3.07. The van der Waals surface area contributed by atoms with E-state index in [0.29, 0.717) is 0 Å². The standard InChI is InChI=1S/C11H18O2/c1-3-5-6-10(12)9-7-8-13-11(9)4-2/h7-8,10,12H,3-6H2,1-2H3. The van der Waals surface area contributed by atoms with E-state index in [1.807, 2.05) is 13.0 Å². The summed E-state index contributed by atoms with van der Waals surface area (Å²) >= 11 is 0. The third kappa shape index (κ3) is 2.59. The second-order valence-corrected chi connectivity index (χ2v) is 3.31. The van der Waals surface area contributed by atoms with Crippen molar-refractivity contribution in [3.05, 3.63) is 23.7 Å². The molecule has 13 heavy (non-hydrogen) atoms. The van der Waals surface area contributed by atoms with Crippen LogP contribution < -0.4 is 0 Å². The molecule has 1 rings (SSSR count). The number of unbranched alkanes of at least 4 members (excludes halogenated alkanes) is 1. The summed E-state index contributed by atoms with van der Waals surface area (Å²) in [5.74, 6) is 0.920. The first-order chi connectivity index (χ1) is 6.29. The average Bonchev–Trinajstić information content (AvgIpc) is 2.61. The summed E-state index contributed by atoms with van der Waals surface area (Å²) in [7, 11) is 0. The van der Waals surface area contributed by atoms with Gasteiger partial charge in [-0.3, -0.25) is 0 Å². The Balaban J connectivity index is 2.59. The van der Waals surface area contributed by atoms with Crippen molar-refractivity contribution in [2.45, 2.75) is 45.6 Å². The Kier molecular flexibility index (Phi) is 4.03. The smallest absolute Gasteiger partial charge is 0.109 e. The van der Waals surface area contributed by atoms with Crippen LogP contribution >= 0.6 is 0 Å². The number of furan rings is 1. The van der Waals surface area contributed by atoms with Gasteiger partial charge in [0.25, 0.3) is 0 Å². The van der Waals surface area contributed by atoms with E-state index in [1.165, 1.54) is 0 Å². The molecule has 1 aromatic rings. The van der Waals surface area contributed by atoms with Crippen molar-refractivity contribution in [2.75, 3.05) is 0 Å². The summed E-state index contributed by atoms with van der Waals surface area (Å²) in [6.07, 6.45) is 5.19. The monoisotopic (exact) mass is 182 g/mol. The molecule has 1 N–H and O–H groups in total. The number of hydrogen-bond acceptors (Lipinski definition) is 2.